The third-order valence-electron chi connectivity index (χ3n) is 3.53. The van der Waals surface area contributed by atoms with Crippen LogP contribution < -0.4 is 10.8 Å². The topological polar surface area (TPSA) is 96.6 Å². The molecule has 0 radical (unpaired) electrons. The second kappa shape index (κ2) is 7.98. The standard InChI is InChI=1S/C17H15FIN3O4/c1-9-7-20-8-11-14(21-13-3-2-10(19)6-12(13)18)16(26-15(9)11)17(24)22-25-5-4-23/h2-3,6-8,21,23H,4-5H2,1H3,(H,22,24). The largest absolute Gasteiger partial charge is 0.448 e. The molecule has 0 aliphatic heterocycles. The lowest BCUT2D eigenvalue weighted by atomic mass is 10.2. The highest BCUT2D eigenvalue weighted by Crippen LogP contribution is 2.35. The molecule has 0 aliphatic rings. The summed E-state index contributed by atoms with van der Waals surface area (Å²) in [5, 5.41) is 12.2. The predicted molar refractivity (Wildman–Crippen MR) is 102 cm³/mol. The van der Waals surface area contributed by atoms with Gasteiger partial charge >= 0.3 is 5.91 Å². The molecule has 3 rings (SSSR count). The number of hydrogen-bond acceptors (Lipinski definition) is 6. The Bertz CT molecular complexity index is 961. The number of halogens is 2. The first kappa shape index (κ1) is 18.5. The van der Waals surface area contributed by atoms with Gasteiger partial charge in [-0.15, -0.1) is 0 Å². The number of aliphatic hydroxyl groups excluding tert-OH is 1. The van der Waals surface area contributed by atoms with E-state index in [2.05, 4.69) is 15.8 Å². The SMILES string of the molecule is Cc1cncc2c(Nc3ccc(I)cc3F)c(C(=O)NOCCO)oc12. The quantitative estimate of drug-likeness (QED) is 0.290. The van der Waals surface area contributed by atoms with Gasteiger partial charge in [0.2, 0.25) is 5.76 Å². The minimum Gasteiger partial charge on any atom is -0.448 e. The highest BCUT2D eigenvalue weighted by Gasteiger charge is 2.23. The van der Waals surface area contributed by atoms with Crippen molar-refractivity contribution < 1.29 is 23.5 Å². The van der Waals surface area contributed by atoms with E-state index in [1.165, 1.54) is 12.3 Å². The van der Waals surface area contributed by atoms with Crippen molar-refractivity contribution in [2.75, 3.05) is 18.5 Å². The van der Waals surface area contributed by atoms with Gasteiger partial charge < -0.3 is 14.8 Å². The van der Waals surface area contributed by atoms with Gasteiger partial charge in [0, 0.05) is 21.5 Å². The molecule has 0 aliphatic carbocycles. The van der Waals surface area contributed by atoms with Crippen molar-refractivity contribution in [3.05, 3.63) is 51.3 Å². The number of hydrogen-bond donors (Lipinski definition) is 3. The molecule has 1 aromatic carbocycles. The van der Waals surface area contributed by atoms with Gasteiger partial charge in [-0.2, -0.15) is 0 Å². The van der Waals surface area contributed by atoms with Crippen molar-refractivity contribution in [2.24, 2.45) is 0 Å². The van der Waals surface area contributed by atoms with Crippen molar-refractivity contribution in [3.8, 4) is 0 Å². The molecular weight excluding hydrogens is 456 g/mol. The third kappa shape index (κ3) is 3.79. The summed E-state index contributed by atoms with van der Waals surface area (Å²) >= 11 is 2.01. The number of pyridine rings is 1. The molecule has 0 bridgehead atoms. The minimum atomic E-state index is -0.664. The minimum absolute atomic E-state index is 0.0684. The molecule has 26 heavy (non-hydrogen) atoms. The Kier molecular flexibility index (Phi) is 5.69. The highest BCUT2D eigenvalue weighted by molar-refractivity contribution is 14.1. The number of nitrogens with one attached hydrogen (secondary N) is 2. The van der Waals surface area contributed by atoms with Gasteiger partial charge in [-0.1, -0.05) is 0 Å². The van der Waals surface area contributed by atoms with E-state index >= 15 is 0 Å². The fourth-order valence-electron chi connectivity index (χ4n) is 2.36. The number of nitrogens with zero attached hydrogens (tertiary/aromatic N) is 1. The van der Waals surface area contributed by atoms with E-state index in [4.69, 9.17) is 14.4 Å². The number of aryl methyl sites for hydroxylation is 1. The zero-order valence-electron chi connectivity index (χ0n) is 13.7. The lowest BCUT2D eigenvalue weighted by Gasteiger charge is -2.09. The summed E-state index contributed by atoms with van der Waals surface area (Å²) in [5.41, 5.74) is 3.84. The van der Waals surface area contributed by atoms with Gasteiger partial charge in [0.05, 0.1) is 24.3 Å². The maximum absolute atomic E-state index is 14.2. The molecule has 7 nitrogen and oxygen atoms in total. The molecule has 136 valence electrons. The number of amides is 1. The van der Waals surface area contributed by atoms with Crippen LogP contribution >= 0.6 is 22.6 Å². The van der Waals surface area contributed by atoms with Crippen LogP contribution in [0.4, 0.5) is 15.8 Å². The second-order valence-corrected chi connectivity index (χ2v) is 6.64. The summed E-state index contributed by atoms with van der Waals surface area (Å²) < 4.78 is 20.7. The van der Waals surface area contributed by atoms with E-state index in [9.17, 15) is 9.18 Å². The van der Waals surface area contributed by atoms with E-state index in [1.807, 2.05) is 22.6 Å². The number of hydroxylamine groups is 1. The van der Waals surface area contributed by atoms with Crippen molar-refractivity contribution in [1.29, 1.82) is 0 Å². The monoisotopic (exact) mass is 471 g/mol. The molecule has 0 saturated heterocycles. The number of aliphatic hydroxyl groups is 1. The fourth-order valence-corrected chi connectivity index (χ4v) is 2.81. The summed E-state index contributed by atoms with van der Waals surface area (Å²) in [6, 6.07) is 4.68. The molecule has 0 unspecified atom stereocenters. The number of fused-ring (bicyclic) bond motifs is 1. The number of rotatable bonds is 6. The molecule has 0 saturated carbocycles. The van der Waals surface area contributed by atoms with E-state index in [1.54, 1.807) is 25.3 Å². The first-order valence-corrected chi connectivity index (χ1v) is 8.71. The molecule has 2 aromatic heterocycles. The smallest absolute Gasteiger partial charge is 0.312 e. The number of aromatic nitrogens is 1. The lowest BCUT2D eigenvalue weighted by molar-refractivity contribution is 0.0152. The normalized spacial score (nSPS) is 10.9. The first-order chi connectivity index (χ1) is 12.5. The summed E-state index contributed by atoms with van der Waals surface area (Å²) in [6.45, 7) is 1.47. The van der Waals surface area contributed by atoms with Gasteiger partial charge in [-0.05, 0) is 47.7 Å². The molecule has 3 N–H and O–H groups in total. The average molecular weight is 471 g/mol. The van der Waals surface area contributed by atoms with E-state index in [0.29, 0.717) is 11.0 Å². The van der Waals surface area contributed by atoms with Crippen molar-refractivity contribution in [3.63, 3.8) is 0 Å². The first-order valence-electron chi connectivity index (χ1n) is 7.63. The van der Waals surface area contributed by atoms with Crippen LogP contribution in [0.25, 0.3) is 11.0 Å². The van der Waals surface area contributed by atoms with E-state index in [0.717, 1.165) is 9.13 Å². The van der Waals surface area contributed by atoms with Gasteiger partial charge in [0.25, 0.3) is 0 Å². The number of benzene rings is 1. The van der Waals surface area contributed by atoms with Crippen LogP contribution in [0.3, 0.4) is 0 Å². The summed E-state index contributed by atoms with van der Waals surface area (Å²) in [4.78, 5) is 21.3. The molecular formula is C17H15FIN3O4. The summed E-state index contributed by atoms with van der Waals surface area (Å²) in [7, 11) is 0. The van der Waals surface area contributed by atoms with Crippen LogP contribution in [-0.4, -0.2) is 29.2 Å². The second-order valence-electron chi connectivity index (χ2n) is 5.39. The Morgan fingerprint density at radius 1 is 1.42 bits per heavy atom. The average Bonchev–Trinajstić information content (AvgIpc) is 2.98. The number of carbonyl (C=O) groups excluding carboxylic acids is 1. The molecule has 9 heteroatoms. The zero-order valence-corrected chi connectivity index (χ0v) is 15.8. The summed E-state index contributed by atoms with van der Waals surface area (Å²) in [5.74, 6) is -1.20. The van der Waals surface area contributed by atoms with Gasteiger partial charge in [0.1, 0.15) is 17.1 Å². The van der Waals surface area contributed by atoms with Crippen LogP contribution in [-0.2, 0) is 4.84 Å². The Morgan fingerprint density at radius 3 is 2.96 bits per heavy atom. The van der Waals surface area contributed by atoms with Crippen LogP contribution in [0.1, 0.15) is 16.1 Å². The zero-order chi connectivity index (χ0) is 18.7. The maximum atomic E-state index is 14.2. The van der Waals surface area contributed by atoms with Crippen molar-refractivity contribution in [1.82, 2.24) is 10.5 Å². The third-order valence-corrected chi connectivity index (χ3v) is 4.20. The van der Waals surface area contributed by atoms with Gasteiger partial charge in [0.15, 0.2) is 0 Å². The van der Waals surface area contributed by atoms with Crippen molar-refractivity contribution in [2.45, 2.75) is 6.92 Å². The number of carbonyl (C=O) groups is 1. The molecule has 0 fully saturated rings. The molecule has 0 spiro atoms. The van der Waals surface area contributed by atoms with Crippen LogP contribution in [0, 0.1) is 16.3 Å². The van der Waals surface area contributed by atoms with Gasteiger partial charge in [-0.3, -0.25) is 14.6 Å². The van der Waals surface area contributed by atoms with E-state index < -0.39 is 11.7 Å². The number of furan rings is 1. The Hall–Kier alpha value is -2.24. The number of anilines is 2. The highest BCUT2D eigenvalue weighted by atomic mass is 127. The van der Waals surface area contributed by atoms with Crippen LogP contribution in [0.5, 0.6) is 0 Å². The maximum Gasteiger partial charge on any atom is 0.312 e. The lowest BCUT2D eigenvalue weighted by Crippen LogP contribution is -2.25. The predicted octanol–water partition coefficient (Wildman–Crippen LogP) is 3.28. The Labute approximate surface area is 161 Å². The molecule has 3 aromatic rings. The van der Waals surface area contributed by atoms with E-state index in [-0.39, 0.29) is 30.3 Å². The van der Waals surface area contributed by atoms with Gasteiger partial charge in [-0.25, -0.2) is 9.87 Å². The summed E-state index contributed by atoms with van der Waals surface area (Å²) in [6.07, 6.45) is 3.13. The van der Waals surface area contributed by atoms with Crippen LogP contribution in [0.15, 0.2) is 35.0 Å². The Balaban J connectivity index is 2.04. The Morgan fingerprint density at radius 2 is 2.23 bits per heavy atom. The van der Waals surface area contributed by atoms with Crippen molar-refractivity contribution >= 4 is 50.8 Å². The fraction of sp³-hybridized carbons (Fsp3) is 0.176. The van der Waals surface area contributed by atoms with Crippen LogP contribution in [0.2, 0.25) is 0 Å². The molecule has 0 atom stereocenters. The molecule has 2 heterocycles. The molecule has 1 amide bonds.